The number of aliphatic imine (C=N–C) groups is 1. The summed E-state index contributed by atoms with van der Waals surface area (Å²) in [5.41, 5.74) is 5.64. The number of piperidine rings is 1. The Labute approximate surface area is 222 Å². The molecule has 2 amide bonds. The number of hydrogen-bond donors (Lipinski definition) is 3. The number of carbonyl (C=O) groups is 1. The second-order valence-electron chi connectivity index (χ2n) is 8.86. The van der Waals surface area contributed by atoms with Crippen molar-refractivity contribution in [1.29, 1.82) is 0 Å². The van der Waals surface area contributed by atoms with E-state index in [1.807, 2.05) is 24.4 Å². The van der Waals surface area contributed by atoms with Gasteiger partial charge in [0.1, 0.15) is 5.84 Å². The van der Waals surface area contributed by atoms with Crippen LogP contribution in [0.5, 0.6) is 0 Å². The highest BCUT2D eigenvalue weighted by Gasteiger charge is 2.27. The Kier molecular flexibility index (Phi) is 8.39. The van der Waals surface area contributed by atoms with Crippen LogP contribution in [0.2, 0.25) is 10.0 Å². The van der Waals surface area contributed by atoms with Gasteiger partial charge in [-0.3, -0.25) is 4.99 Å². The number of halogens is 2. The van der Waals surface area contributed by atoms with E-state index < -0.39 is 6.03 Å². The Morgan fingerprint density at radius 3 is 2.67 bits per heavy atom. The molecule has 0 spiro atoms. The van der Waals surface area contributed by atoms with Crippen molar-refractivity contribution in [1.82, 2.24) is 10.2 Å². The van der Waals surface area contributed by atoms with Gasteiger partial charge in [-0.05, 0) is 60.7 Å². The third-order valence-electron chi connectivity index (χ3n) is 6.52. The SMILES string of the molecule is C=C(CC)/C(=C1/C=CNC1=NC)N1CCCC(c2cccc(NC(=O)Nc3c(Cl)cccc3Cl)c2)C1. The van der Waals surface area contributed by atoms with Crippen molar-refractivity contribution in [2.45, 2.75) is 32.1 Å². The molecule has 2 aromatic carbocycles. The van der Waals surface area contributed by atoms with Gasteiger partial charge < -0.3 is 20.9 Å². The predicted octanol–water partition coefficient (Wildman–Crippen LogP) is 7.18. The first-order valence-electron chi connectivity index (χ1n) is 12.1. The second-order valence-corrected chi connectivity index (χ2v) is 9.67. The molecule has 0 aromatic heterocycles. The van der Waals surface area contributed by atoms with Crippen LogP contribution in [0.1, 0.15) is 37.7 Å². The standard InChI is InChI=1S/C28H31Cl2N5O/c1-4-18(2)26(22-13-14-32-27(22)31-3)35-15-7-9-20(17-35)19-8-5-10-21(16-19)33-28(36)34-25-23(29)11-6-12-24(25)30/h5-6,8,10-14,16,20H,2,4,7,9,15,17H2,1,3H3,(H,31,32)(H2,33,34,36)/b26-22+. The molecule has 2 aliphatic rings. The average molecular weight is 524 g/mol. The van der Waals surface area contributed by atoms with E-state index in [-0.39, 0.29) is 0 Å². The van der Waals surface area contributed by atoms with Crippen molar-refractivity contribution in [3.05, 3.63) is 93.8 Å². The van der Waals surface area contributed by atoms with Gasteiger partial charge in [-0.1, -0.05) is 54.9 Å². The summed E-state index contributed by atoms with van der Waals surface area (Å²) in [5.74, 6) is 1.19. The Hall–Kier alpha value is -3.22. The van der Waals surface area contributed by atoms with Gasteiger partial charge in [0.05, 0.1) is 21.4 Å². The lowest BCUT2D eigenvalue weighted by atomic mass is 9.89. The van der Waals surface area contributed by atoms with E-state index >= 15 is 0 Å². The minimum atomic E-state index is -0.398. The van der Waals surface area contributed by atoms with Crippen LogP contribution in [-0.4, -0.2) is 36.9 Å². The van der Waals surface area contributed by atoms with Gasteiger partial charge >= 0.3 is 6.03 Å². The van der Waals surface area contributed by atoms with Crippen LogP contribution in [0.4, 0.5) is 16.2 Å². The second kappa shape index (κ2) is 11.7. The fourth-order valence-electron chi connectivity index (χ4n) is 4.70. The maximum absolute atomic E-state index is 12.6. The van der Waals surface area contributed by atoms with Gasteiger partial charge in [-0.2, -0.15) is 0 Å². The van der Waals surface area contributed by atoms with Crippen LogP contribution in [0, 0.1) is 0 Å². The number of urea groups is 1. The van der Waals surface area contributed by atoms with Crippen LogP contribution in [0.25, 0.3) is 0 Å². The van der Waals surface area contributed by atoms with E-state index in [9.17, 15) is 4.79 Å². The molecule has 1 saturated heterocycles. The van der Waals surface area contributed by atoms with Crippen molar-refractivity contribution in [3.63, 3.8) is 0 Å². The molecular weight excluding hydrogens is 493 g/mol. The number of benzene rings is 2. The molecule has 1 unspecified atom stereocenters. The number of nitrogens with zero attached hydrogens (tertiary/aromatic N) is 2. The molecule has 1 fully saturated rings. The number of nitrogens with one attached hydrogen (secondary N) is 3. The molecule has 0 bridgehead atoms. The summed E-state index contributed by atoms with van der Waals surface area (Å²) >= 11 is 12.4. The number of rotatable bonds is 6. The molecule has 8 heteroatoms. The smallest absolute Gasteiger partial charge is 0.323 e. The summed E-state index contributed by atoms with van der Waals surface area (Å²) in [6.07, 6.45) is 7.02. The summed E-state index contributed by atoms with van der Waals surface area (Å²) < 4.78 is 0. The monoisotopic (exact) mass is 523 g/mol. The van der Waals surface area contributed by atoms with Gasteiger partial charge in [-0.25, -0.2) is 4.79 Å². The molecule has 6 nitrogen and oxygen atoms in total. The lowest BCUT2D eigenvalue weighted by molar-refractivity contribution is 0.261. The summed E-state index contributed by atoms with van der Waals surface area (Å²) in [6.45, 7) is 8.34. The normalized spacial score (nSPS) is 19.7. The molecule has 4 rings (SSSR count). The van der Waals surface area contributed by atoms with Crippen molar-refractivity contribution < 1.29 is 4.79 Å². The first-order chi connectivity index (χ1) is 17.4. The Morgan fingerprint density at radius 2 is 1.94 bits per heavy atom. The highest BCUT2D eigenvalue weighted by molar-refractivity contribution is 6.39. The van der Waals surface area contributed by atoms with Crippen molar-refractivity contribution >= 4 is 46.4 Å². The first kappa shape index (κ1) is 25.9. The van der Waals surface area contributed by atoms with E-state index in [2.05, 4.69) is 51.5 Å². The zero-order chi connectivity index (χ0) is 25.7. The predicted molar refractivity (Wildman–Crippen MR) is 151 cm³/mol. The summed E-state index contributed by atoms with van der Waals surface area (Å²) in [6, 6.07) is 12.7. The number of amides is 2. The van der Waals surface area contributed by atoms with Crippen LogP contribution in [0.15, 0.2) is 83.2 Å². The van der Waals surface area contributed by atoms with Crippen LogP contribution in [0.3, 0.4) is 0 Å². The molecule has 1 atom stereocenters. The quantitative estimate of drug-likeness (QED) is 0.375. The lowest BCUT2D eigenvalue weighted by Crippen LogP contribution is -2.36. The van der Waals surface area contributed by atoms with Gasteiger partial charge in [-0.15, -0.1) is 0 Å². The zero-order valence-corrected chi connectivity index (χ0v) is 22.1. The third-order valence-corrected chi connectivity index (χ3v) is 7.15. The van der Waals surface area contributed by atoms with E-state index in [1.54, 1.807) is 25.2 Å². The summed E-state index contributed by atoms with van der Waals surface area (Å²) in [4.78, 5) is 19.5. The Balaban J connectivity index is 1.51. The maximum Gasteiger partial charge on any atom is 0.323 e. The fraction of sp³-hybridized carbons (Fsp3) is 0.286. The van der Waals surface area contributed by atoms with Gasteiger partial charge in [0.2, 0.25) is 0 Å². The van der Waals surface area contributed by atoms with Crippen molar-refractivity contribution in [2.24, 2.45) is 4.99 Å². The molecule has 2 aliphatic heterocycles. The molecule has 2 aromatic rings. The number of anilines is 2. The van der Waals surface area contributed by atoms with Gasteiger partial charge in [0, 0.05) is 43.5 Å². The average Bonchev–Trinajstić information content (AvgIpc) is 3.35. The molecule has 0 saturated carbocycles. The minimum absolute atomic E-state index is 0.321. The third kappa shape index (κ3) is 5.77. The highest BCUT2D eigenvalue weighted by atomic mass is 35.5. The van der Waals surface area contributed by atoms with Crippen molar-refractivity contribution in [2.75, 3.05) is 30.8 Å². The van der Waals surface area contributed by atoms with Crippen LogP contribution in [-0.2, 0) is 0 Å². The van der Waals surface area contributed by atoms with E-state index in [0.29, 0.717) is 27.3 Å². The molecule has 36 heavy (non-hydrogen) atoms. The summed E-state index contributed by atoms with van der Waals surface area (Å²) in [7, 11) is 1.80. The van der Waals surface area contributed by atoms with Gasteiger partial charge in [0.25, 0.3) is 0 Å². The highest BCUT2D eigenvalue weighted by Crippen LogP contribution is 2.34. The maximum atomic E-state index is 12.6. The zero-order valence-electron chi connectivity index (χ0n) is 20.6. The number of para-hydroxylation sites is 1. The fourth-order valence-corrected chi connectivity index (χ4v) is 5.20. The molecule has 2 heterocycles. The number of allylic oxidation sites excluding steroid dienone is 1. The van der Waals surface area contributed by atoms with Crippen LogP contribution >= 0.6 is 23.2 Å². The topological polar surface area (TPSA) is 68.8 Å². The molecular formula is C28H31Cl2N5O. The molecule has 0 radical (unpaired) electrons. The molecule has 3 N–H and O–H groups in total. The first-order valence-corrected chi connectivity index (χ1v) is 12.9. The van der Waals surface area contributed by atoms with Gasteiger partial charge in [0.15, 0.2) is 0 Å². The van der Waals surface area contributed by atoms with E-state index in [0.717, 1.165) is 55.0 Å². The number of carbonyl (C=O) groups excluding carboxylic acids is 1. The number of hydrogen-bond acceptors (Lipinski definition) is 3. The summed E-state index contributed by atoms with van der Waals surface area (Å²) in [5, 5.41) is 9.65. The Bertz CT molecular complexity index is 1230. The molecule has 0 aliphatic carbocycles. The van der Waals surface area contributed by atoms with E-state index in [1.165, 1.54) is 5.56 Å². The van der Waals surface area contributed by atoms with E-state index in [4.69, 9.17) is 23.2 Å². The largest absolute Gasteiger partial charge is 0.370 e. The lowest BCUT2D eigenvalue weighted by Gasteiger charge is -2.37. The number of likely N-dealkylation sites (tertiary alicyclic amines) is 1. The number of amidine groups is 1. The Morgan fingerprint density at radius 1 is 1.19 bits per heavy atom. The minimum Gasteiger partial charge on any atom is -0.370 e. The van der Waals surface area contributed by atoms with Crippen LogP contribution < -0.4 is 16.0 Å². The molecule has 188 valence electrons. The van der Waals surface area contributed by atoms with Crippen molar-refractivity contribution in [3.8, 4) is 0 Å².